The number of nitrogens with one attached hydrogen (secondary N) is 1. The molecule has 0 aliphatic rings. The van der Waals surface area contributed by atoms with Crippen LogP contribution in [0.4, 0.5) is 10.1 Å². The summed E-state index contributed by atoms with van der Waals surface area (Å²) in [5, 5.41) is 3.47. The lowest BCUT2D eigenvalue weighted by Gasteiger charge is -2.30. The van der Waals surface area contributed by atoms with Crippen LogP contribution in [0.3, 0.4) is 0 Å². The zero-order valence-corrected chi connectivity index (χ0v) is 22.1. The van der Waals surface area contributed by atoms with Crippen molar-refractivity contribution in [3.05, 3.63) is 64.9 Å². The van der Waals surface area contributed by atoms with Crippen molar-refractivity contribution in [1.82, 2.24) is 10.2 Å². The second kappa shape index (κ2) is 12.9. The Labute approximate surface area is 212 Å². The molecule has 2 rings (SSSR count). The number of carbonyl (C=O) groups excluding carboxylic acids is 2. The van der Waals surface area contributed by atoms with Gasteiger partial charge in [-0.25, -0.2) is 12.8 Å². The number of carbonyl (C=O) groups is 2. The maximum atomic E-state index is 13.3. The average Bonchev–Trinajstić information content (AvgIpc) is 2.80. The molecule has 0 aliphatic heterocycles. The minimum absolute atomic E-state index is 0.0295. The summed E-state index contributed by atoms with van der Waals surface area (Å²) in [5.74, 6) is -1.01. The largest absolute Gasteiger partial charge is 0.352 e. The molecule has 0 aliphatic carbocycles. The third-order valence-electron chi connectivity index (χ3n) is 5.70. The van der Waals surface area contributed by atoms with Crippen LogP contribution in [0.15, 0.2) is 48.5 Å². The van der Waals surface area contributed by atoms with Gasteiger partial charge in [0.2, 0.25) is 21.8 Å². The van der Waals surface area contributed by atoms with Gasteiger partial charge >= 0.3 is 0 Å². The Bertz CT molecular complexity index is 1090. The third-order valence-corrected chi connectivity index (χ3v) is 7.15. The van der Waals surface area contributed by atoms with Crippen molar-refractivity contribution < 1.29 is 22.4 Å². The summed E-state index contributed by atoms with van der Waals surface area (Å²) in [7, 11) is -3.64. The molecule has 0 aromatic heterocycles. The minimum Gasteiger partial charge on any atom is -0.352 e. The van der Waals surface area contributed by atoms with Crippen LogP contribution in [-0.4, -0.2) is 50.0 Å². The second-order valence-corrected chi connectivity index (χ2v) is 10.9. The lowest BCUT2D eigenvalue weighted by atomic mass is 10.1. The van der Waals surface area contributed by atoms with Crippen LogP contribution in [0, 0.1) is 5.82 Å². The highest BCUT2D eigenvalue weighted by Gasteiger charge is 2.27. The molecule has 0 spiro atoms. The predicted octanol–water partition coefficient (Wildman–Crippen LogP) is 4.36. The maximum Gasteiger partial charge on any atom is 0.242 e. The van der Waals surface area contributed by atoms with Gasteiger partial charge in [0.1, 0.15) is 11.9 Å². The van der Waals surface area contributed by atoms with Crippen LogP contribution in [0.1, 0.15) is 45.6 Å². The Morgan fingerprint density at radius 3 is 2.20 bits per heavy atom. The summed E-state index contributed by atoms with van der Waals surface area (Å²) in [6.45, 7) is 5.77. The number of hydrogen-bond acceptors (Lipinski definition) is 4. The van der Waals surface area contributed by atoms with Crippen LogP contribution in [0.2, 0.25) is 5.02 Å². The standard InChI is InChI=1S/C25H33ClFN3O4S/c1-5-18(2)28-25(32)19(3)29(17-20-8-10-21(26)11-9-20)24(31)7-6-16-30(35(4,33)34)23-14-12-22(27)13-15-23/h8-15,18-19H,5-7,16-17H2,1-4H3,(H,28,32)/t18-,19-/m0/s1. The number of anilines is 1. The Morgan fingerprint density at radius 1 is 1.06 bits per heavy atom. The van der Waals surface area contributed by atoms with E-state index >= 15 is 0 Å². The number of nitrogens with zero attached hydrogens (tertiary/aromatic N) is 2. The van der Waals surface area contributed by atoms with E-state index in [4.69, 9.17) is 11.6 Å². The van der Waals surface area contributed by atoms with E-state index in [0.717, 1.165) is 22.5 Å². The normalized spacial score (nSPS) is 13.1. The van der Waals surface area contributed by atoms with E-state index in [2.05, 4.69) is 5.32 Å². The number of amides is 2. The van der Waals surface area contributed by atoms with E-state index in [-0.39, 0.29) is 43.8 Å². The first kappa shape index (κ1) is 28.6. The Morgan fingerprint density at radius 2 is 1.66 bits per heavy atom. The van der Waals surface area contributed by atoms with E-state index in [9.17, 15) is 22.4 Å². The van der Waals surface area contributed by atoms with Gasteiger partial charge in [-0.1, -0.05) is 30.7 Å². The van der Waals surface area contributed by atoms with E-state index in [1.807, 2.05) is 13.8 Å². The number of hydrogen-bond donors (Lipinski definition) is 1. The average molecular weight is 526 g/mol. The van der Waals surface area contributed by atoms with Gasteiger partial charge in [-0.2, -0.15) is 0 Å². The number of rotatable bonds is 12. The maximum absolute atomic E-state index is 13.3. The molecule has 2 amide bonds. The monoisotopic (exact) mass is 525 g/mol. The first-order valence-corrected chi connectivity index (χ1v) is 13.7. The van der Waals surface area contributed by atoms with Gasteiger partial charge in [-0.3, -0.25) is 13.9 Å². The first-order valence-electron chi connectivity index (χ1n) is 11.5. The second-order valence-electron chi connectivity index (χ2n) is 8.56. The van der Waals surface area contributed by atoms with Crippen LogP contribution < -0.4 is 9.62 Å². The van der Waals surface area contributed by atoms with Gasteiger partial charge in [-0.15, -0.1) is 0 Å². The van der Waals surface area contributed by atoms with Crippen LogP contribution in [0.5, 0.6) is 0 Å². The molecule has 192 valence electrons. The summed E-state index contributed by atoms with van der Waals surface area (Å²) in [6, 6.07) is 11.4. The van der Waals surface area contributed by atoms with Gasteiger partial charge in [0.25, 0.3) is 0 Å². The molecule has 0 bridgehead atoms. The molecule has 2 atom stereocenters. The molecule has 2 aromatic rings. The summed E-state index contributed by atoms with van der Waals surface area (Å²) in [4.78, 5) is 27.5. The minimum atomic E-state index is -3.64. The molecule has 10 heteroatoms. The van der Waals surface area contributed by atoms with Crippen molar-refractivity contribution in [2.75, 3.05) is 17.1 Å². The molecule has 0 heterocycles. The van der Waals surface area contributed by atoms with E-state index in [1.54, 1.807) is 31.2 Å². The fourth-order valence-corrected chi connectivity index (χ4v) is 4.54. The molecule has 7 nitrogen and oxygen atoms in total. The zero-order valence-electron chi connectivity index (χ0n) is 20.5. The summed E-state index contributed by atoms with van der Waals surface area (Å²) < 4.78 is 39.0. The highest BCUT2D eigenvalue weighted by Crippen LogP contribution is 2.20. The van der Waals surface area contributed by atoms with Crippen molar-refractivity contribution in [2.24, 2.45) is 0 Å². The Kier molecular flexibility index (Phi) is 10.5. The van der Waals surface area contributed by atoms with E-state index < -0.39 is 21.9 Å². The molecule has 0 saturated carbocycles. The van der Waals surface area contributed by atoms with Crippen molar-refractivity contribution in [1.29, 1.82) is 0 Å². The number of halogens is 2. The molecule has 35 heavy (non-hydrogen) atoms. The van der Waals surface area contributed by atoms with Crippen LogP contribution in [0.25, 0.3) is 0 Å². The summed E-state index contributed by atoms with van der Waals surface area (Å²) >= 11 is 5.97. The molecule has 0 radical (unpaired) electrons. The first-order chi connectivity index (χ1) is 16.4. The highest BCUT2D eigenvalue weighted by molar-refractivity contribution is 7.92. The van der Waals surface area contributed by atoms with E-state index in [0.29, 0.717) is 10.7 Å². The quantitative estimate of drug-likeness (QED) is 0.446. The number of sulfonamides is 1. The van der Waals surface area contributed by atoms with Crippen molar-refractivity contribution in [3.63, 3.8) is 0 Å². The zero-order chi connectivity index (χ0) is 26.2. The Balaban J connectivity index is 2.15. The lowest BCUT2D eigenvalue weighted by molar-refractivity contribution is -0.140. The van der Waals surface area contributed by atoms with E-state index in [1.165, 1.54) is 29.2 Å². The van der Waals surface area contributed by atoms with Crippen molar-refractivity contribution in [2.45, 2.75) is 58.7 Å². The third kappa shape index (κ3) is 8.81. The predicted molar refractivity (Wildman–Crippen MR) is 137 cm³/mol. The molecule has 2 aromatic carbocycles. The molecule has 0 unspecified atom stereocenters. The topological polar surface area (TPSA) is 86.8 Å². The SMILES string of the molecule is CC[C@H](C)NC(=O)[C@H](C)N(Cc1ccc(Cl)cc1)C(=O)CCCN(c1ccc(F)cc1)S(C)(=O)=O. The highest BCUT2D eigenvalue weighted by atomic mass is 35.5. The lowest BCUT2D eigenvalue weighted by Crippen LogP contribution is -2.49. The van der Waals surface area contributed by atoms with Gasteiger partial charge in [0.15, 0.2) is 0 Å². The van der Waals surface area contributed by atoms with Crippen LogP contribution in [-0.2, 0) is 26.2 Å². The molecule has 0 saturated heterocycles. The van der Waals surface area contributed by atoms with Crippen molar-refractivity contribution in [3.8, 4) is 0 Å². The summed E-state index contributed by atoms with van der Waals surface area (Å²) in [5.41, 5.74) is 1.13. The smallest absolute Gasteiger partial charge is 0.242 e. The number of benzene rings is 2. The Hall–Kier alpha value is -2.65. The van der Waals surface area contributed by atoms with Gasteiger partial charge in [0, 0.05) is 30.6 Å². The molecule has 1 N–H and O–H groups in total. The fourth-order valence-electron chi connectivity index (χ4n) is 3.45. The fraction of sp³-hybridized carbons (Fsp3) is 0.440. The summed E-state index contributed by atoms with van der Waals surface area (Å²) in [6.07, 6.45) is 2.07. The van der Waals surface area contributed by atoms with Crippen molar-refractivity contribution >= 4 is 39.1 Å². The van der Waals surface area contributed by atoms with Gasteiger partial charge in [0.05, 0.1) is 11.9 Å². The van der Waals surface area contributed by atoms with Gasteiger partial charge in [-0.05, 0) is 68.7 Å². The molecular formula is C25H33ClFN3O4S. The molecule has 0 fully saturated rings. The van der Waals surface area contributed by atoms with Crippen LogP contribution >= 0.6 is 11.6 Å². The molecular weight excluding hydrogens is 493 g/mol. The van der Waals surface area contributed by atoms with Gasteiger partial charge < -0.3 is 10.2 Å².